The number of aromatic nitrogens is 2. The molecule has 0 aromatic carbocycles. The topological polar surface area (TPSA) is 76.4 Å². The first-order valence-corrected chi connectivity index (χ1v) is 3.96. The molecule has 0 bridgehead atoms. The molecule has 1 atom stereocenters. The summed E-state index contributed by atoms with van der Waals surface area (Å²) in [5.41, 5.74) is 4.96. The van der Waals surface area contributed by atoms with Gasteiger partial charge in [0.25, 0.3) is 0 Å². The molecule has 1 rings (SSSR count). The van der Waals surface area contributed by atoms with Gasteiger partial charge in [-0.1, -0.05) is 5.16 Å². The van der Waals surface area contributed by atoms with Crippen LogP contribution >= 0.6 is 0 Å². The van der Waals surface area contributed by atoms with Crippen molar-refractivity contribution >= 4 is 5.84 Å². The molecule has 0 saturated carbocycles. The maximum Gasteiger partial charge on any atom is 0.400 e. The molecule has 0 amide bonds. The Hall–Kier alpha value is -1.73. The van der Waals surface area contributed by atoms with Gasteiger partial charge < -0.3 is 10.9 Å². The highest BCUT2D eigenvalue weighted by atomic mass is 19.4. The van der Waals surface area contributed by atoms with Gasteiger partial charge in [0.05, 0.1) is 6.54 Å². The predicted octanol–water partition coefficient (Wildman–Crippen LogP) is 0.808. The normalized spacial score (nSPS) is 15.3. The van der Waals surface area contributed by atoms with E-state index in [1.54, 1.807) is 0 Å². The Morgan fingerprint density at radius 1 is 1.60 bits per heavy atom. The number of alkyl halides is 3. The van der Waals surface area contributed by atoms with E-state index in [0.29, 0.717) is 0 Å². The fourth-order valence-electron chi connectivity index (χ4n) is 1.03. The Balaban J connectivity index is 2.84. The highest BCUT2D eigenvalue weighted by Gasteiger charge is 2.43. The van der Waals surface area contributed by atoms with E-state index in [-0.39, 0.29) is 0 Å². The standard InChI is InChI=1S/C7H9F3N4O/c8-7(9,10)5(6(11)13-15)4-14-3-1-2-12-14/h1-3,5,15H,4H2,(H2,11,13). The van der Waals surface area contributed by atoms with Gasteiger partial charge in [-0.3, -0.25) is 4.68 Å². The van der Waals surface area contributed by atoms with Crippen LogP contribution in [0.3, 0.4) is 0 Å². The molecule has 1 aromatic rings. The average molecular weight is 222 g/mol. The average Bonchev–Trinajstić information content (AvgIpc) is 2.63. The van der Waals surface area contributed by atoms with Gasteiger partial charge in [-0.05, 0) is 6.07 Å². The van der Waals surface area contributed by atoms with Crippen LogP contribution in [0.1, 0.15) is 0 Å². The zero-order valence-electron chi connectivity index (χ0n) is 7.52. The van der Waals surface area contributed by atoms with Crippen molar-refractivity contribution in [3.63, 3.8) is 0 Å². The molecule has 0 fully saturated rings. The van der Waals surface area contributed by atoms with Crippen LogP contribution in [0.5, 0.6) is 0 Å². The second-order valence-corrected chi connectivity index (χ2v) is 2.85. The number of nitrogens with two attached hydrogens (primary N) is 1. The molecule has 0 radical (unpaired) electrons. The predicted molar refractivity (Wildman–Crippen MR) is 45.2 cm³/mol. The van der Waals surface area contributed by atoms with Crippen LogP contribution in [0.25, 0.3) is 0 Å². The van der Waals surface area contributed by atoms with Crippen LogP contribution < -0.4 is 5.73 Å². The van der Waals surface area contributed by atoms with Crippen molar-refractivity contribution in [2.45, 2.75) is 12.7 Å². The lowest BCUT2D eigenvalue weighted by atomic mass is 10.1. The highest BCUT2D eigenvalue weighted by Crippen LogP contribution is 2.27. The molecule has 0 aliphatic carbocycles. The van der Waals surface area contributed by atoms with Crippen molar-refractivity contribution in [3.8, 4) is 0 Å². The molecule has 8 heteroatoms. The Bertz CT molecular complexity index is 333. The van der Waals surface area contributed by atoms with E-state index in [1.165, 1.54) is 18.5 Å². The van der Waals surface area contributed by atoms with Crippen molar-refractivity contribution in [2.24, 2.45) is 16.8 Å². The molecule has 3 N–H and O–H groups in total. The van der Waals surface area contributed by atoms with Gasteiger partial charge in [0.2, 0.25) is 0 Å². The minimum atomic E-state index is -4.57. The SMILES string of the molecule is N/C(=N/O)C(Cn1cccn1)C(F)(F)F. The van der Waals surface area contributed by atoms with Crippen LogP contribution in [-0.4, -0.2) is 27.0 Å². The van der Waals surface area contributed by atoms with Gasteiger partial charge in [0.15, 0.2) is 5.84 Å². The molecule has 0 aliphatic rings. The van der Waals surface area contributed by atoms with E-state index in [1.807, 2.05) is 0 Å². The highest BCUT2D eigenvalue weighted by molar-refractivity contribution is 5.82. The maximum absolute atomic E-state index is 12.4. The third kappa shape index (κ3) is 2.86. The summed E-state index contributed by atoms with van der Waals surface area (Å²) >= 11 is 0. The Labute approximate surface area is 83.0 Å². The van der Waals surface area contributed by atoms with E-state index < -0.39 is 24.5 Å². The van der Waals surface area contributed by atoms with Gasteiger partial charge in [0, 0.05) is 12.4 Å². The number of nitrogens with zero attached hydrogens (tertiary/aromatic N) is 3. The first-order valence-electron chi connectivity index (χ1n) is 3.96. The largest absolute Gasteiger partial charge is 0.409 e. The number of halogens is 3. The van der Waals surface area contributed by atoms with E-state index in [9.17, 15) is 13.2 Å². The molecule has 0 aliphatic heterocycles. The van der Waals surface area contributed by atoms with Crippen molar-refractivity contribution in [3.05, 3.63) is 18.5 Å². The zero-order valence-corrected chi connectivity index (χ0v) is 7.52. The summed E-state index contributed by atoms with van der Waals surface area (Å²) in [6.07, 6.45) is -1.86. The van der Waals surface area contributed by atoms with E-state index in [4.69, 9.17) is 10.9 Å². The quantitative estimate of drug-likeness (QED) is 0.344. The number of hydrogen-bond donors (Lipinski definition) is 2. The monoisotopic (exact) mass is 222 g/mol. The van der Waals surface area contributed by atoms with Crippen LogP contribution in [0.15, 0.2) is 23.6 Å². The summed E-state index contributed by atoms with van der Waals surface area (Å²) < 4.78 is 38.4. The molecule has 1 unspecified atom stereocenters. The Morgan fingerprint density at radius 2 is 2.27 bits per heavy atom. The summed E-state index contributed by atoms with van der Waals surface area (Å²) in [7, 11) is 0. The first kappa shape index (κ1) is 11.3. The lowest BCUT2D eigenvalue weighted by molar-refractivity contribution is -0.159. The summed E-state index contributed by atoms with van der Waals surface area (Å²) in [5, 5.41) is 14.2. The number of oxime groups is 1. The smallest absolute Gasteiger partial charge is 0.400 e. The molecule has 1 aromatic heterocycles. The second kappa shape index (κ2) is 4.20. The summed E-state index contributed by atoms with van der Waals surface area (Å²) in [6, 6.07) is 1.49. The summed E-state index contributed by atoms with van der Waals surface area (Å²) in [5.74, 6) is -2.92. The van der Waals surface area contributed by atoms with Gasteiger partial charge in [-0.15, -0.1) is 0 Å². The van der Waals surface area contributed by atoms with E-state index in [0.717, 1.165) is 4.68 Å². The fourth-order valence-corrected chi connectivity index (χ4v) is 1.03. The molecule has 5 nitrogen and oxygen atoms in total. The molecular weight excluding hydrogens is 213 g/mol. The molecule has 1 heterocycles. The molecule has 0 spiro atoms. The number of amidine groups is 1. The summed E-state index contributed by atoms with van der Waals surface area (Å²) in [4.78, 5) is 0. The van der Waals surface area contributed by atoms with Crippen molar-refractivity contribution in [1.82, 2.24) is 9.78 Å². The van der Waals surface area contributed by atoms with Gasteiger partial charge in [-0.2, -0.15) is 18.3 Å². The van der Waals surface area contributed by atoms with Crippen LogP contribution in [0.4, 0.5) is 13.2 Å². The molecule has 84 valence electrons. The zero-order chi connectivity index (χ0) is 11.5. The lowest BCUT2D eigenvalue weighted by Gasteiger charge is -2.18. The second-order valence-electron chi connectivity index (χ2n) is 2.85. The third-order valence-electron chi connectivity index (χ3n) is 1.80. The van der Waals surface area contributed by atoms with Crippen molar-refractivity contribution < 1.29 is 18.4 Å². The van der Waals surface area contributed by atoms with Gasteiger partial charge >= 0.3 is 6.18 Å². The molecular formula is C7H9F3N4O. The molecule has 15 heavy (non-hydrogen) atoms. The number of hydrogen-bond acceptors (Lipinski definition) is 3. The molecule has 0 saturated heterocycles. The van der Waals surface area contributed by atoms with Gasteiger partial charge in [-0.25, -0.2) is 0 Å². The van der Waals surface area contributed by atoms with Crippen LogP contribution in [-0.2, 0) is 6.54 Å². The minimum Gasteiger partial charge on any atom is -0.409 e. The van der Waals surface area contributed by atoms with Crippen LogP contribution in [0.2, 0.25) is 0 Å². The van der Waals surface area contributed by atoms with Gasteiger partial charge in [0.1, 0.15) is 5.92 Å². The van der Waals surface area contributed by atoms with Crippen molar-refractivity contribution in [2.75, 3.05) is 0 Å². The van der Waals surface area contributed by atoms with Crippen LogP contribution in [0, 0.1) is 5.92 Å². The Kier molecular flexibility index (Phi) is 3.17. The number of rotatable bonds is 3. The fraction of sp³-hybridized carbons (Fsp3) is 0.429. The summed E-state index contributed by atoms with van der Waals surface area (Å²) in [6.45, 7) is -0.508. The van der Waals surface area contributed by atoms with E-state index >= 15 is 0 Å². The maximum atomic E-state index is 12.4. The lowest BCUT2D eigenvalue weighted by Crippen LogP contribution is -2.39. The first-order chi connectivity index (χ1) is 6.95. The third-order valence-corrected chi connectivity index (χ3v) is 1.80. The Morgan fingerprint density at radius 3 is 2.67 bits per heavy atom. The van der Waals surface area contributed by atoms with E-state index in [2.05, 4.69) is 10.3 Å². The minimum absolute atomic E-state index is 0.508. The van der Waals surface area contributed by atoms with Crippen molar-refractivity contribution in [1.29, 1.82) is 0 Å².